The lowest BCUT2D eigenvalue weighted by Gasteiger charge is -2.07. The molecule has 3 nitrogen and oxygen atoms in total. The zero-order chi connectivity index (χ0) is 12.8. The second-order valence-electron chi connectivity index (χ2n) is 3.65. The molecule has 0 saturated carbocycles. The van der Waals surface area contributed by atoms with Gasteiger partial charge in [-0.3, -0.25) is 0 Å². The summed E-state index contributed by atoms with van der Waals surface area (Å²) < 4.78 is 5.23. The lowest BCUT2D eigenvalue weighted by molar-refractivity contribution is -0.127. The van der Waals surface area contributed by atoms with Crippen LogP contribution in [-0.4, -0.2) is 5.97 Å². The molecule has 0 saturated heterocycles. The van der Waals surface area contributed by atoms with Crippen LogP contribution >= 0.6 is 0 Å². The van der Waals surface area contributed by atoms with Gasteiger partial charge in [-0.25, -0.2) is 4.79 Å². The van der Waals surface area contributed by atoms with E-state index in [2.05, 4.69) is 0 Å². The summed E-state index contributed by atoms with van der Waals surface area (Å²) in [7, 11) is 0. The highest BCUT2D eigenvalue weighted by molar-refractivity contribution is 6.17. The van der Waals surface area contributed by atoms with Crippen molar-refractivity contribution in [2.75, 3.05) is 0 Å². The summed E-state index contributed by atoms with van der Waals surface area (Å²) in [6.07, 6.45) is 1.26. The fourth-order valence-corrected chi connectivity index (χ4v) is 1.55. The lowest BCUT2D eigenvalue weighted by atomic mass is 10.1. The van der Waals surface area contributed by atoms with Crippen molar-refractivity contribution in [2.24, 2.45) is 5.73 Å². The van der Waals surface area contributed by atoms with Crippen LogP contribution in [0, 0.1) is 0 Å². The predicted molar refractivity (Wildman–Crippen MR) is 70.7 cm³/mol. The number of nitrogens with two attached hydrogens (primary N) is 1. The third kappa shape index (κ3) is 2.77. The molecule has 3 heteroatoms. The summed E-state index contributed by atoms with van der Waals surface area (Å²) >= 11 is 0. The number of benzene rings is 2. The molecule has 0 aliphatic carbocycles. The summed E-state index contributed by atoms with van der Waals surface area (Å²) in [5.41, 5.74) is 6.58. The van der Waals surface area contributed by atoms with Crippen LogP contribution in [-0.2, 0) is 4.79 Å². The van der Waals surface area contributed by atoms with E-state index in [1.165, 1.54) is 6.20 Å². The zero-order valence-electron chi connectivity index (χ0n) is 9.74. The van der Waals surface area contributed by atoms with Gasteiger partial charge in [0.25, 0.3) is 0 Å². The van der Waals surface area contributed by atoms with Crippen molar-refractivity contribution in [1.82, 2.24) is 0 Å². The van der Waals surface area contributed by atoms with Gasteiger partial charge in [0.1, 0.15) is 5.75 Å². The number of para-hydroxylation sites is 1. The van der Waals surface area contributed by atoms with E-state index in [4.69, 9.17) is 10.5 Å². The first-order valence-electron chi connectivity index (χ1n) is 5.56. The molecule has 0 fully saturated rings. The minimum absolute atomic E-state index is 0.347. The monoisotopic (exact) mass is 239 g/mol. The van der Waals surface area contributed by atoms with Crippen molar-refractivity contribution >= 4 is 11.5 Å². The van der Waals surface area contributed by atoms with Gasteiger partial charge in [0.05, 0.1) is 5.57 Å². The SMILES string of the molecule is NC=C(C(=O)Oc1ccccc1)c1ccccc1. The predicted octanol–water partition coefficient (Wildman–Crippen LogP) is 2.59. The molecule has 0 radical (unpaired) electrons. The molecule has 0 heterocycles. The maximum Gasteiger partial charge on any atom is 0.345 e. The summed E-state index contributed by atoms with van der Waals surface area (Å²) in [5, 5.41) is 0. The largest absolute Gasteiger partial charge is 0.423 e. The Bertz CT molecular complexity index is 547. The van der Waals surface area contributed by atoms with E-state index in [1.54, 1.807) is 24.3 Å². The Morgan fingerprint density at radius 2 is 1.50 bits per heavy atom. The van der Waals surface area contributed by atoms with Crippen LogP contribution in [0.15, 0.2) is 66.9 Å². The molecule has 0 unspecified atom stereocenters. The first-order valence-corrected chi connectivity index (χ1v) is 5.56. The molecule has 90 valence electrons. The smallest absolute Gasteiger partial charge is 0.345 e. The van der Waals surface area contributed by atoms with E-state index < -0.39 is 5.97 Å². The highest BCUT2D eigenvalue weighted by atomic mass is 16.5. The maximum absolute atomic E-state index is 12.0. The molecule has 0 aliphatic heterocycles. The Hall–Kier alpha value is -2.55. The highest BCUT2D eigenvalue weighted by Gasteiger charge is 2.13. The molecule has 2 N–H and O–H groups in total. The highest BCUT2D eigenvalue weighted by Crippen LogP contribution is 2.17. The van der Waals surface area contributed by atoms with Crippen molar-refractivity contribution in [1.29, 1.82) is 0 Å². The summed E-state index contributed by atoms with van der Waals surface area (Å²) in [6.45, 7) is 0. The van der Waals surface area contributed by atoms with Crippen LogP contribution in [0.2, 0.25) is 0 Å². The van der Waals surface area contributed by atoms with Crippen molar-refractivity contribution in [2.45, 2.75) is 0 Å². The van der Waals surface area contributed by atoms with Crippen molar-refractivity contribution in [3.05, 3.63) is 72.4 Å². The van der Waals surface area contributed by atoms with Gasteiger partial charge in [0, 0.05) is 6.20 Å². The third-order valence-corrected chi connectivity index (χ3v) is 2.43. The van der Waals surface area contributed by atoms with Crippen LogP contribution < -0.4 is 10.5 Å². The molecule has 2 aromatic carbocycles. The summed E-state index contributed by atoms with van der Waals surface area (Å²) in [6, 6.07) is 18.1. The number of carbonyl (C=O) groups is 1. The quantitative estimate of drug-likeness (QED) is 0.509. The van der Waals surface area contributed by atoms with Gasteiger partial charge in [-0.1, -0.05) is 48.5 Å². The number of esters is 1. The maximum atomic E-state index is 12.0. The van der Waals surface area contributed by atoms with E-state index in [9.17, 15) is 4.79 Å². The fraction of sp³-hybridized carbons (Fsp3) is 0. The molecule has 0 atom stereocenters. The first-order chi connectivity index (χ1) is 8.81. The molecule has 18 heavy (non-hydrogen) atoms. The van der Waals surface area contributed by atoms with Crippen LogP contribution in [0.4, 0.5) is 0 Å². The van der Waals surface area contributed by atoms with Crippen LogP contribution in [0.3, 0.4) is 0 Å². The van der Waals surface area contributed by atoms with Crippen molar-refractivity contribution in [3.8, 4) is 5.75 Å². The van der Waals surface area contributed by atoms with E-state index in [0.717, 1.165) is 5.56 Å². The molecule has 0 aliphatic rings. The van der Waals surface area contributed by atoms with Crippen LogP contribution in [0.25, 0.3) is 5.57 Å². The van der Waals surface area contributed by atoms with Crippen molar-refractivity contribution < 1.29 is 9.53 Å². The van der Waals surface area contributed by atoms with E-state index >= 15 is 0 Å². The number of ether oxygens (including phenoxy) is 1. The third-order valence-electron chi connectivity index (χ3n) is 2.43. The Balaban J connectivity index is 2.18. The van der Waals surface area contributed by atoms with Gasteiger partial charge in [-0.15, -0.1) is 0 Å². The second kappa shape index (κ2) is 5.68. The van der Waals surface area contributed by atoms with Gasteiger partial charge in [0.2, 0.25) is 0 Å². The molecular weight excluding hydrogens is 226 g/mol. The topological polar surface area (TPSA) is 52.3 Å². The van der Waals surface area contributed by atoms with Gasteiger partial charge in [-0.05, 0) is 17.7 Å². The molecule has 0 aromatic heterocycles. The average Bonchev–Trinajstić information content (AvgIpc) is 2.42. The van der Waals surface area contributed by atoms with Gasteiger partial charge in [-0.2, -0.15) is 0 Å². The Kier molecular flexibility index (Phi) is 3.76. The second-order valence-corrected chi connectivity index (χ2v) is 3.65. The molecule has 0 spiro atoms. The summed E-state index contributed by atoms with van der Waals surface area (Å²) in [5.74, 6) is 0.0349. The van der Waals surface area contributed by atoms with E-state index in [-0.39, 0.29) is 0 Å². The van der Waals surface area contributed by atoms with Gasteiger partial charge < -0.3 is 10.5 Å². The molecular formula is C15H13NO2. The zero-order valence-corrected chi connectivity index (χ0v) is 9.74. The van der Waals surface area contributed by atoms with E-state index in [1.807, 2.05) is 36.4 Å². The minimum Gasteiger partial charge on any atom is -0.423 e. The van der Waals surface area contributed by atoms with Gasteiger partial charge >= 0.3 is 5.97 Å². The Labute approximate surface area is 106 Å². The lowest BCUT2D eigenvalue weighted by Crippen LogP contribution is -2.11. The molecule has 2 aromatic rings. The first kappa shape index (κ1) is 11.9. The van der Waals surface area contributed by atoms with Crippen LogP contribution in [0.5, 0.6) is 5.75 Å². The minimum atomic E-state index is -0.463. The molecule has 0 amide bonds. The van der Waals surface area contributed by atoms with E-state index in [0.29, 0.717) is 11.3 Å². The number of rotatable bonds is 3. The summed E-state index contributed by atoms with van der Waals surface area (Å²) in [4.78, 5) is 12.0. The molecule has 2 rings (SSSR count). The van der Waals surface area contributed by atoms with Crippen molar-refractivity contribution in [3.63, 3.8) is 0 Å². The number of carbonyl (C=O) groups excluding carboxylic acids is 1. The Morgan fingerprint density at radius 1 is 0.944 bits per heavy atom. The van der Waals surface area contributed by atoms with Crippen LogP contribution in [0.1, 0.15) is 5.56 Å². The normalized spacial score (nSPS) is 11.0. The standard InChI is InChI=1S/C15H13NO2/c16-11-14(12-7-3-1-4-8-12)15(17)18-13-9-5-2-6-10-13/h1-11H,16H2. The number of hydrogen-bond acceptors (Lipinski definition) is 3. The molecule has 0 bridgehead atoms. The fourth-order valence-electron chi connectivity index (χ4n) is 1.55. The van der Waals surface area contributed by atoms with Gasteiger partial charge in [0.15, 0.2) is 0 Å². The Morgan fingerprint density at radius 3 is 2.06 bits per heavy atom. The average molecular weight is 239 g/mol. The number of hydrogen-bond donors (Lipinski definition) is 1.